The van der Waals surface area contributed by atoms with Crippen LogP contribution in [0.2, 0.25) is 0 Å². The molecule has 2 saturated carbocycles. The van der Waals surface area contributed by atoms with E-state index in [1.54, 1.807) is 0 Å². The Morgan fingerprint density at radius 1 is 1.11 bits per heavy atom. The van der Waals surface area contributed by atoms with Gasteiger partial charge < -0.3 is 10.1 Å². The molecule has 0 saturated heterocycles. The van der Waals surface area contributed by atoms with Gasteiger partial charge in [0.25, 0.3) is 0 Å². The van der Waals surface area contributed by atoms with E-state index in [2.05, 4.69) is 26.1 Å². The molecule has 0 aromatic heterocycles. The van der Waals surface area contributed by atoms with Gasteiger partial charge in [-0.15, -0.1) is 0 Å². The monoisotopic (exact) mass is 267 g/mol. The second-order valence-electron chi connectivity index (χ2n) is 7.09. The molecule has 2 rings (SSSR count). The summed E-state index contributed by atoms with van der Waals surface area (Å²) in [5.41, 5.74) is 0. The van der Waals surface area contributed by atoms with Crippen molar-refractivity contribution in [2.24, 2.45) is 23.7 Å². The van der Waals surface area contributed by atoms with Crippen LogP contribution in [0.15, 0.2) is 0 Å². The van der Waals surface area contributed by atoms with Crippen molar-refractivity contribution in [3.63, 3.8) is 0 Å². The average molecular weight is 267 g/mol. The summed E-state index contributed by atoms with van der Waals surface area (Å²) in [4.78, 5) is 0. The Hall–Kier alpha value is -0.0800. The standard InChI is InChI=1S/C17H33NO/c1-4-9-19-12-16-10-14(13(2)3)5-6-15(16)11-18-17-7-8-17/h13-18H,4-12H2,1-3H3. The van der Waals surface area contributed by atoms with Crippen molar-refractivity contribution in [1.82, 2.24) is 5.32 Å². The second-order valence-corrected chi connectivity index (χ2v) is 7.09. The van der Waals surface area contributed by atoms with Crippen LogP contribution in [0.1, 0.15) is 59.3 Å². The largest absolute Gasteiger partial charge is 0.381 e. The summed E-state index contributed by atoms with van der Waals surface area (Å²) >= 11 is 0. The van der Waals surface area contributed by atoms with Crippen molar-refractivity contribution in [3.05, 3.63) is 0 Å². The Labute approximate surface area is 119 Å². The maximum Gasteiger partial charge on any atom is 0.0497 e. The lowest BCUT2D eigenvalue weighted by Gasteiger charge is -2.38. The zero-order chi connectivity index (χ0) is 13.7. The zero-order valence-electron chi connectivity index (χ0n) is 13.2. The van der Waals surface area contributed by atoms with Gasteiger partial charge in [0.1, 0.15) is 0 Å². The summed E-state index contributed by atoms with van der Waals surface area (Å²) in [6.45, 7) is 10.1. The van der Waals surface area contributed by atoms with E-state index in [4.69, 9.17) is 4.74 Å². The molecule has 2 aliphatic carbocycles. The van der Waals surface area contributed by atoms with Crippen LogP contribution in [0.4, 0.5) is 0 Å². The third-order valence-corrected chi connectivity index (χ3v) is 5.05. The lowest BCUT2D eigenvalue weighted by atomic mass is 9.71. The van der Waals surface area contributed by atoms with Gasteiger partial charge in [-0.25, -0.2) is 0 Å². The van der Waals surface area contributed by atoms with Crippen LogP contribution in [0.25, 0.3) is 0 Å². The Morgan fingerprint density at radius 2 is 1.89 bits per heavy atom. The lowest BCUT2D eigenvalue weighted by Crippen LogP contribution is -2.37. The predicted molar refractivity (Wildman–Crippen MR) is 81.3 cm³/mol. The molecular formula is C17H33NO. The van der Waals surface area contributed by atoms with Crippen molar-refractivity contribution in [2.45, 2.75) is 65.3 Å². The van der Waals surface area contributed by atoms with Gasteiger partial charge in [-0.1, -0.05) is 20.8 Å². The average Bonchev–Trinajstić information content (AvgIpc) is 3.21. The smallest absolute Gasteiger partial charge is 0.0497 e. The fourth-order valence-electron chi connectivity index (χ4n) is 3.43. The molecule has 0 spiro atoms. The fraction of sp³-hybridized carbons (Fsp3) is 1.00. The van der Waals surface area contributed by atoms with Gasteiger partial charge in [-0.3, -0.25) is 0 Å². The number of hydrogen-bond acceptors (Lipinski definition) is 2. The van der Waals surface area contributed by atoms with Crippen LogP contribution >= 0.6 is 0 Å². The highest BCUT2D eigenvalue weighted by molar-refractivity contribution is 4.86. The summed E-state index contributed by atoms with van der Waals surface area (Å²) in [5.74, 6) is 3.41. The highest BCUT2D eigenvalue weighted by Crippen LogP contribution is 2.37. The molecule has 0 amide bonds. The molecule has 0 bridgehead atoms. The van der Waals surface area contributed by atoms with E-state index in [-0.39, 0.29) is 0 Å². The first-order valence-electron chi connectivity index (χ1n) is 8.51. The van der Waals surface area contributed by atoms with Crippen LogP contribution < -0.4 is 5.32 Å². The fourth-order valence-corrected chi connectivity index (χ4v) is 3.43. The van der Waals surface area contributed by atoms with E-state index in [0.717, 1.165) is 49.3 Å². The van der Waals surface area contributed by atoms with Gasteiger partial charge in [-0.05, 0) is 68.7 Å². The molecule has 2 aliphatic rings. The number of hydrogen-bond donors (Lipinski definition) is 1. The lowest BCUT2D eigenvalue weighted by molar-refractivity contribution is 0.0372. The SMILES string of the molecule is CCCOCC1CC(C(C)C)CCC1CNC1CC1. The third kappa shape index (κ3) is 5.07. The molecule has 0 aromatic carbocycles. The molecule has 3 unspecified atom stereocenters. The van der Waals surface area contributed by atoms with Gasteiger partial charge >= 0.3 is 0 Å². The van der Waals surface area contributed by atoms with E-state index < -0.39 is 0 Å². The molecule has 1 N–H and O–H groups in total. The topological polar surface area (TPSA) is 21.3 Å². The van der Waals surface area contributed by atoms with Crippen molar-refractivity contribution in [2.75, 3.05) is 19.8 Å². The molecule has 2 fully saturated rings. The molecule has 3 atom stereocenters. The van der Waals surface area contributed by atoms with Gasteiger partial charge in [0.05, 0.1) is 0 Å². The second kappa shape index (κ2) is 7.64. The Balaban J connectivity index is 1.79. The van der Waals surface area contributed by atoms with E-state index in [9.17, 15) is 0 Å². The zero-order valence-corrected chi connectivity index (χ0v) is 13.2. The van der Waals surface area contributed by atoms with Crippen molar-refractivity contribution >= 4 is 0 Å². The summed E-state index contributed by atoms with van der Waals surface area (Å²) in [6, 6.07) is 0.847. The van der Waals surface area contributed by atoms with Crippen molar-refractivity contribution in [1.29, 1.82) is 0 Å². The minimum atomic E-state index is 0.791. The Kier molecular flexibility index (Phi) is 6.15. The van der Waals surface area contributed by atoms with E-state index in [1.807, 2.05) is 0 Å². The van der Waals surface area contributed by atoms with Gasteiger partial charge in [0.15, 0.2) is 0 Å². The van der Waals surface area contributed by atoms with Crippen LogP contribution in [0.3, 0.4) is 0 Å². The molecule has 112 valence electrons. The molecule has 0 aromatic rings. The van der Waals surface area contributed by atoms with Crippen LogP contribution in [-0.4, -0.2) is 25.8 Å². The first kappa shape index (κ1) is 15.3. The summed E-state index contributed by atoms with van der Waals surface area (Å²) in [6.07, 6.45) is 8.17. The van der Waals surface area contributed by atoms with Crippen LogP contribution in [0.5, 0.6) is 0 Å². The molecule has 0 aliphatic heterocycles. The molecule has 2 nitrogen and oxygen atoms in total. The maximum absolute atomic E-state index is 5.88. The van der Waals surface area contributed by atoms with Crippen LogP contribution in [-0.2, 0) is 4.74 Å². The quantitative estimate of drug-likeness (QED) is 0.674. The molecule has 19 heavy (non-hydrogen) atoms. The summed E-state index contributed by atoms with van der Waals surface area (Å²) in [5, 5.41) is 3.74. The van der Waals surface area contributed by atoms with Gasteiger partial charge in [-0.2, -0.15) is 0 Å². The van der Waals surface area contributed by atoms with E-state index in [0.29, 0.717) is 0 Å². The summed E-state index contributed by atoms with van der Waals surface area (Å²) in [7, 11) is 0. The van der Waals surface area contributed by atoms with Crippen molar-refractivity contribution in [3.8, 4) is 0 Å². The summed E-state index contributed by atoms with van der Waals surface area (Å²) < 4.78 is 5.88. The van der Waals surface area contributed by atoms with Crippen LogP contribution in [0, 0.1) is 23.7 Å². The highest BCUT2D eigenvalue weighted by atomic mass is 16.5. The molecule has 0 radical (unpaired) electrons. The van der Waals surface area contributed by atoms with Crippen molar-refractivity contribution < 1.29 is 4.74 Å². The van der Waals surface area contributed by atoms with Gasteiger partial charge in [0, 0.05) is 19.3 Å². The first-order valence-corrected chi connectivity index (χ1v) is 8.51. The van der Waals surface area contributed by atoms with E-state index >= 15 is 0 Å². The van der Waals surface area contributed by atoms with Gasteiger partial charge in [0.2, 0.25) is 0 Å². The minimum absolute atomic E-state index is 0.791. The predicted octanol–water partition coefficient (Wildman–Crippen LogP) is 3.85. The Bertz CT molecular complexity index is 250. The number of nitrogens with one attached hydrogen (secondary N) is 1. The maximum atomic E-state index is 5.88. The third-order valence-electron chi connectivity index (χ3n) is 5.05. The van der Waals surface area contributed by atoms with E-state index in [1.165, 1.54) is 38.6 Å². The normalized spacial score (nSPS) is 31.9. The molecular weight excluding hydrogens is 234 g/mol. The minimum Gasteiger partial charge on any atom is -0.381 e. The molecule has 2 heteroatoms. The number of ether oxygens (including phenoxy) is 1. The molecule has 0 heterocycles. The Morgan fingerprint density at radius 3 is 2.53 bits per heavy atom. The first-order chi connectivity index (χ1) is 9.20. The number of rotatable bonds is 8. The highest BCUT2D eigenvalue weighted by Gasteiger charge is 2.33.